The molecule has 1 N–H and O–H groups in total. The largest absolute Gasteiger partial charge is 0.334 e. The number of rotatable bonds is 7. The minimum Gasteiger partial charge on any atom is -0.334 e. The number of imidazole rings is 1. The maximum atomic E-state index is 4.36. The highest BCUT2D eigenvalue weighted by Gasteiger charge is 2.18. The van der Waals surface area contributed by atoms with Crippen LogP contribution >= 0.6 is 0 Å². The Morgan fingerprint density at radius 2 is 2.12 bits per heavy atom. The van der Waals surface area contributed by atoms with E-state index in [1.165, 1.54) is 12.2 Å². The van der Waals surface area contributed by atoms with Gasteiger partial charge in [-0.05, 0) is 18.4 Å². The predicted molar refractivity (Wildman–Crippen MR) is 68.5 cm³/mol. The van der Waals surface area contributed by atoms with E-state index in [0.717, 1.165) is 26.1 Å². The van der Waals surface area contributed by atoms with Crippen LogP contribution < -0.4 is 5.32 Å². The van der Waals surface area contributed by atoms with Gasteiger partial charge in [-0.25, -0.2) is 4.98 Å². The van der Waals surface area contributed by atoms with Crippen LogP contribution in [0.3, 0.4) is 0 Å². The van der Waals surface area contributed by atoms with Gasteiger partial charge in [0.1, 0.15) is 5.82 Å². The van der Waals surface area contributed by atoms with Crippen molar-refractivity contribution in [1.29, 1.82) is 0 Å². The Balaban J connectivity index is 2.51. The molecule has 3 heteroatoms. The lowest BCUT2D eigenvalue weighted by Crippen LogP contribution is -2.33. The summed E-state index contributed by atoms with van der Waals surface area (Å²) in [5.74, 6) is 1.18. The molecule has 0 bridgehead atoms. The SMILES string of the molecule is CCCNCC(C)(C)Cn1ccnc1CC. The third kappa shape index (κ3) is 3.97. The van der Waals surface area contributed by atoms with E-state index in [4.69, 9.17) is 0 Å². The molecule has 0 amide bonds. The van der Waals surface area contributed by atoms with E-state index in [-0.39, 0.29) is 5.41 Å². The molecule has 0 atom stereocenters. The molecule has 0 saturated heterocycles. The first-order valence-electron chi connectivity index (χ1n) is 6.30. The van der Waals surface area contributed by atoms with E-state index in [2.05, 4.69) is 48.8 Å². The van der Waals surface area contributed by atoms with Gasteiger partial charge in [-0.2, -0.15) is 0 Å². The second-order valence-corrected chi connectivity index (χ2v) is 5.17. The smallest absolute Gasteiger partial charge is 0.108 e. The highest BCUT2D eigenvalue weighted by molar-refractivity contribution is 4.93. The van der Waals surface area contributed by atoms with Crippen LogP contribution in [-0.4, -0.2) is 22.6 Å². The molecule has 1 aromatic rings. The van der Waals surface area contributed by atoms with Crippen LogP contribution in [0.5, 0.6) is 0 Å². The van der Waals surface area contributed by atoms with E-state index in [0.29, 0.717) is 0 Å². The fraction of sp³-hybridized carbons (Fsp3) is 0.769. The second-order valence-electron chi connectivity index (χ2n) is 5.17. The molecule has 0 saturated carbocycles. The highest BCUT2D eigenvalue weighted by Crippen LogP contribution is 2.18. The van der Waals surface area contributed by atoms with E-state index in [1.54, 1.807) is 0 Å². The number of hydrogen-bond donors (Lipinski definition) is 1. The number of hydrogen-bond acceptors (Lipinski definition) is 2. The van der Waals surface area contributed by atoms with Crippen LogP contribution in [0.4, 0.5) is 0 Å². The second kappa shape index (κ2) is 6.04. The summed E-state index contributed by atoms with van der Waals surface area (Å²) in [7, 11) is 0. The summed E-state index contributed by atoms with van der Waals surface area (Å²) in [6.07, 6.45) is 6.18. The van der Waals surface area contributed by atoms with Crippen LogP contribution in [0.25, 0.3) is 0 Å². The Morgan fingerprint density at radius 1 is 1.38 bits per heavy atom. The molecule has 92 valence electrons. The summed E-state index contributed by atoms with van der Waals surface area (Å²) >= 11 is 0. The van der Waals surface area contributed by atoms with Crippen LogP contribution in [0.1, 0.15) is 39.9 Å². The van der Waals surface area contributed by atoms with Gasteiger partial charge >= 0.3 is 0 Å². The molecule has 16 heavy (non-hydrogen) atoms. The molecular formula is C13H25N3. The Hall–Kier alpha value is -0.830. The van der Waals surface area contributed by atoms with Crippen molar-refractivity contribution in [1.82, 2.24) is 14.9 Å². The lowest BCUT2D eigenvalue weighted by molar-refractivity contribution is 0.286. The molecule has 0 aromatic carbocycles. The highest BCUT2D eigenvalue weighted by atomic mass is 15.1. The molecular weight excluding hydrogens is 198 g/mol. The van der Waals surface area contributed by atoms with Gasteiger partial charge in [-0.15, -0.1) is 0 Å². The van der Waals surface area contributed by atoms with Crippen molar-refractivity contribution in [3.8, 4) is 0 Å². The van der Waals surface area contributed by atoms with Crippen LogP contribution in [-0.2, 0) is 13.0 Å². The lowest BCUT2D eigenvalue weighted by atomic mass is 9.93. The predicted octanol–water partition coefficient (Wildman–Crippen LogP) is 2.47. The van der Waals surface area contributed by atoms with Gasteiger partial charge in [0.05, 0.1) is 0 Å². The van der Waals surface area contributed by atoms with Gasteiger partial charge in [-0.1, -0.05) is 27.7 Å². The topological polar surface area (TPSA) is 29.9 Å². The zero-order valence-corrected chi connectivity index (χ0v) is 11.1. The summed E-state index contributed by atoms with van der Waals surface area (Å²) in [6.45, 7) is 12.2. The maximum Gasteiger partial charge on any atom is 0.108 e. The summed E-state index contributed by atoms with van der Waals surface area (Å²) in [6, 6.07) is 0. The molecule has 3 nitrogen and oxygen atoms in total. The molecule has 0 aliphatic carbocycles. The van der Waals surface area contributed by atoms with Crippen LogP contribution in [0.15, 0.2) is 12.4 Å². The van der Waals surface area contributed by atoms with Crippen molar-refractivity contribution in [3.63, 3.8) is 0 Å². The number of nitrogens with one attached hydrogen (secondary N) is 1. The monoisotopic (exact) mass is 223 g/mol. The van der Waals surface area contributed by atoms with E-state index < -0.39 is 0 Å². The fourth-order valence-corrected chi connectivity index (χ4v) is 1.92. The summed E-state index contributed by atoms with van der Waals surface area (Å²) in [5, 5.41) is 3.49. The molecule has 0 fully saturated rings. The lowest BCUT2D eigenvalue weighted by Gasteiger charge is -2.26. The summed E-state index contributed by atoms with van der Waals surface area (Å²) < 4.78 is 2.27. The van der Waals surface area contributed by atoms with Crippen molar-refractivity contribution in [3.05, 3.63) is 18.2 Å². The fourth-order valence-electron chi connectivity index (χ4n) is 1.92. The normalized spacial score (nSPS) is 12.0. The Labute approximate surface area is 99.3 Å². The molecule has 1 aromatic heterocycles. The van der Waals surface area contributed by atoms with Crippen molar-refractivity contribution < 1.29 is 0 Å². The van der Waals surface area contributed by atoms with E-state index in [1.807, 2.05) is 6.20 Å². The van der Waals surface area contributed by atoms with Gasteiger partial charge in [0, 0.05) is 31.9 Å². The third-order valence-corrected chi connectivity index (χ3v) is 2.75. The van der Waals surface area contributed by atoms with Gasteiger partial charge in [-0.3, -0.25) is 0 Å². The zero-order chi connectivity index (χ0) is 12.0. The van der Waals surface area contributed by atoms with E-state index in [9.17, 15) is 0 Å². The first-order valence-corrected chi connectivity index (χ1v) is 6.30. The zero-order valence-electron chi connectivity index (χ0n) is 11.1. The van der Waals surface area contributed by atoms with Gasteiger partial charge < -0.3 is 9.88 Å². The first kappa shape index (κ1) is 13.2. The van der Waals surface area contributed by atoms with E-state index >= 15 is 0 Å². The molecule has 0 unspecified atom stereocenters. The average Bonchev–Trinajstić information content (AvgIpc) is 2.64. The van der Waals surface area contributed by atoms with Crippen molar-refractivity contribution in [2.24, 2.45) is 5.41 Å². The Kier molecular flexibility index (Phi) is 5.00. The van der Waals surface area contributed by atoms with Gasteiger partial charge in [0.15, 0.2) is 0 Å². The van der Waals surface area contributed by atoms with Gasteiger partial charge in [0.25, 0.3) is 0 Å². The third-order valence-electron chi connectivity index (χ3n) is 2.75. The average molecular weight is 223 g/mol. The van der Waals surface area contributed by atoms with Gasteiger partial charge in [0.2, 0.25) is 0 Å². The number of aryl methyl sites for hydroxylation is 1. The summed E-state index contributed by atoms with van der Waals surface area (Å²) in [4.78, 5) is 4.36. The molecule has 1 rings (SSSR count). The molecule has 1 heterocycles. The Bertz CT molecular complexity index is 302. The minimum atomic E-state index is 0.278. The van der Waals surface area contributed by atoms with Crippen molar-refractivity contribution >= 4 is 0 Å². The molecule has 0 aliphatic rings. The standard InChI is InChI=1S/C13H25N3/c1-5-7-14-10-13(3,4)11-16-9-8-15-12(16)6-2/h8-9,14H,5-7,10-11H2,1-4H3. The number of nitrogens with zero attached hydrogens (tertiary/aromatic N) is 2. The quantitative estimate of drug-likeness (QED) is 0.720. The van der Waals surface area contributed by atoms with Crippen LogP contribution in [0, 0.1) is 5.41 Å². The Morgan fingerprint density at radius 3 is 2.75 bits per heavy atom. The molecule has 0 radical (unpaired) electrons. The van der Waals surface area contributed by atoms with Crippen molar-refractivity contribution in [2.75, 3.05) is 13.1 Å². The number of aromatic nitrogens is 2. The molecule has 0 spiro atoms. The summed E-state index contributed by atoms with van der Waals surface area (Å²) in [5.41, 5.74) is 0.278. The molecule has 0 aliphatic heterocycles. The van der Waals surface area contributed by atoms with Crippen LogP contribution in [0.2, 0.25) is 0 Å². The van der Waals surface area contributed by atoms with Crippen molar-refractivity contribution in [2.45, 2.75) is 47.1 Å². The maximum absolute atomic E-state index is 4.36. The first-order chi connectivity index (χ1) is 7.59. The minimum absolute atomic E-state index is 0.278.